The van der Waals surface area contributed by atoms with Crippen molar-refractivity contribution in [3.8, 4) is 5.75 Å². The molecule has 1 saturated heterocycles. The average molecular weight is 349 g/mol. The van der Waals surface area contributed by atoms with Crippen molar-refractivity contribution in [2.75, 3.05) is 13.1 Å². The van der Waals surface area contributed by atoms with Crippen LogP contribution in [0.5, 0.6) is 5.75 Å². The Kier molecular flexibility index (Phi) is 3.32. The first-order valence-electron chi connectivity index (χ1n) is 8.95. The van der Waals surface area contributed by atoms with Gasteiger partial charge in [0.05, 0.1) is 5.92 Å². The fourth-order valence-electron chi connectivity index (χ4n) is 4.82. The molecular weight excluding hydrogens is 330 g/mol. The van der Waals surface area contributed by atoms with E-state index in [1.807, 2.05) is 54.6 Å². The van der Waals surface area contributed by atoms with Gasteiger partial charge in [-0.1, -0.05) is 48.5 Å². The molecule has 5 heteroatoms. The summed E-state index contributed by atoms with van der Waals surface area (Å²) in [6.07, 6.45) is 0.461. The van der Waals surface area contributed by atoms with E-state index >= 15 is 0 Å². The first-order valence-corrected chi connectivity index (χ1v) is 8.95. The maximum atomic E-state index is 12.6. The van der Waals surface area contributed by atoms with Gasteiger partial charge in [-0.3, -0.25) is 4.79 Å². The van der Waals surface area contributed by atoms with Gasteiger partial charge in [0.25, 0.3) is 0 Å². The number of rotatable bonds is 2. The van der Waals surface area contributed by atoms with Gasteiger partial charge in [-0.05, 0) is 24.0 Å². The van der Waals surface area contributed by atoms with Crippen molar-refractivity contribution in [1.82, 2.24) is 4.90 Å². The van der Waals surface area contributed by atoms with Crippen LogP contribution in [0.3, 0.4) is 0 Å². The van der Waals surface area contributed by atoms with Crippen molar-refractivity contribution in [2.24, 2.45) is 11.8 Å². The van der Waals surface area contributed by atoms with E-state index in [2.05, 4.69) is 0 Å². The zero-order valence-electron chi connectivity index (χ0n) is 14.3. The van der Waals surface area contributed by atoms with Gasteiger partial charge in [-0.25, -0.2) is 4.79 Å². The van der Waals surface area contributed by atoms with Crippen molar-refractivity contribution in [2.45, 2.75) is 18.4 Å². The number of carbonyl (C=O) groups excluding carboxylic acids is 2. The number of benzene rings is 2. The molecule has 0 aromatic heterocycles. The Labute approximate surface area is 151 Å². The second-order valence-electron chi connectivity index (χ2n) is 7.36. The number of hydrogen-bond acceptors (Lipinski definition) is 4. The summed E-state index contributed by atoms with van der Waals surface area (Å²) in [5.74, 6) is 0.595. The molecule has 5 nitrogen and oxygen atoms in total. The van der Waals surface area contributed by atoms with Gasteiger partial charge in [0.1, 0.15) is 12.4 Å². The van der Waals surface area contributed by atoms with E-state index in [4.69, 9.17) is 9.47 Å². The number of esters is 1. The smallest absolute Gasteiger partial charge is 0.410 e. The second-order valence-corrected chi connectivity index (χ2v) is 7.36. The van der Waals surface area contributed by atoms with Crippen molar-refractivity contribution < 1.29 is 19.1 Å². The van der Waals surface area contributed by atoms with Gasteiger partial charge in [0.15, 0.2) is 0 Å². The van der Waals surface area contributed by atoms with Gasteiger partial charge >= 0.3 is 12.1 Å². The van der Waals surface area contributed by atoms with Crippen LogP contribution < -0.4 is 4.74 Å². The lowest BCUT2D eigenvalue weighted by Gasteiger charge is -2.53. The van der Waals surface area contributed by atoms with Gasteiger partial charge in [-0.2, -0.15) is 0 Å². The third kappa shape index (κ3) is 2.09. The van der Waals surface area contributed by atoms with Gasteiger partial charge in [0, 0.05) is 24.1 Å². The van der Waals surface area contributed by atoms with Crippen molar-refractivity contribution in [3.05, 3.63) is 65.7 Å². The lowest BCUT2D eigenvalue weighted by Crippen LogP contribution is -2.59. The number of hydrogen-bond donors (Lipinski definition) is 0. The van der Waals surface area contributed by atoms with Crippen molar-refractivity contribution in [3.63, 3.8) is 0 Å². The van der Waals surface area contributed by atoms with Crippen LogP contribution in [0.4, 0.5) is 4.79 Å². The molecule has 2 heterocycles. The molecule has 1 saturated carbocycles. The van der Waals surface area contributed by atoms with E-state index in [0.717, 1.165) is 17.5 Å². The second kappa shape index (κ2) is 5.59. The number of amides is 1. The molecule has 2 aromatic rings. The summed E-state index contributed by atoms with van der Waals surface area (Å²) in [5.41, 5.74) is 1.71. The minimum Gasteiger partial charge on any atom is -0.445 e. The number of nitrogens with zero attached hydrogens (tertiary/aromatic N) is 1. The standard InChI is InChI=1S/C21H19NO4/c23-19-17-10-15-11-22(20(24)25-12-14-6-2-1-3-7-14)13-21(15,17)16-8-4-5-9-18(16)26-19/h1-9,15,17H,10-13H2/t15-,17-,21+/m1/s1. The predicted molar refractivity (Wildman–Crippen MR) is 93.6 cm³/mol. The van der Waals surface area contributed by atoms with Crippen LogP contribution in [-0.2, 0) is 21.6 Å². The highest BCUT2D eigenvalue weighted by atomic mass is 16.6. The van der Waals surface area contributed by atoms with E-state index in [-0.39, 0.29) is 35.9 Å². The molecule has 1 aliphatic carbocycles. The lowest BCUT2D eigenvalue weighted by atomic mass is 9.50. The SMILES string of the molecule is O=C1Oc2ccccc2[C@]23CN(C(=O)OCc4ccccc4)C[C@H]2C[C@H]13. The molecule has 1 spiro atoms. The van der Waals surface area contributed by atoms with E-state index in [1.165, 1.54) is 0 Å². The summed E-state index contributed by atoms with van der Waals surface area (Å²) in [5, 5.41) is 0. The molecule has 0 N–H and O–H groups in total. The van der Waals surface area contributed by atoms with E-state index < -0.39 is 0 Å². The first-order chi connectivity index (χ1) is 12.7. The van der Waals surface area contributed by atoms with Crippen molar-refractivity contribution in [1.29, 1.82) is 0 Å². The molecule has 0 unspecified atom stereocenters. The highest BCUT2D eigenvalue weighted by Gasteiger charge is 2.67. The summed E-state index contributed by atoms with van der Waals surface area (Å²) in [4.78, 5) is 26.7. The summed E-state index contributed by atoms with van der Waals surface area (Å²) >= 11 is 0. The molecule has 2 fully saturated rings. The van der Waals surface area contributed by atoms with Crippen molar-refractivity contribution >= 4 is 12.1 Å². The quantitative estimate of drug-likeness (QED) is 0.617. The highest BCUT2D eigenvalue weighted by molar-refractivity contribution is 5.83. The monoisotopic (exact) mass is 349 g/mol. The average Bonchev–Trinajstić information content (AvgIpc) is 2.92. The summed E-state index contributed by atoms with van der Waals surface area (Å²) < 4.78 is 11.0. The fraction of sp³-hybridized carbons (Fsp3) is 0.333. The van der Waals surface area contributed by atoms with E-state index in [1.54, 1.807) is 4.90 Å². The first kappa shape index (κ1) is 15.4. The van der Waals surface area contributed by atoms with Crippen LogP contribution in [0.25, 0.3) is 0 Å². The predicted octanol–water partition coefficient (Wildman–Crippen LogP) is 3.13. The van der Waals surface area contributed by atoms with Crippen LogP contribution in [-0.4, -0.2) is 30.1 Å². The van der Waals surface area contributed by atoms with Gasteiger partial charge in [0.2, 0.25) is 0 Å². The molecule has 132 valence electrons. The van der Waals surface area contributed by atoms with Crippen LogP contribution in [0, 0.1) is 11.8 Å². The molecule has 2 aliphatic heterocycles. The minimum absolute atomic E-state index is 0.158. The molecule has 2 aromatic carbocycles. The molecule has 3 atom stereocenters. The molecule has 1 amide bonds. The molecule has 0 bridgehead atoms. The third-order valence-corrected chi connectivity index (χ3v) is 6.11. The number of fused-ring (bicyclic) bond motifs is 1. The zero-order valence-corrected chi connectivity index (χ0v) is 14.3. The van der Waals surface area contributed by atoms with E-state index in [9.17, 15) is 9.59 Å². The molecular formula is C21H19NO4. The fourth-order valence-corrected chi connectivity index (χ4v) is 4.82. The Hall–Kier alpha value is -2.82. The largest absolute Gasteiger partial charge is 0.445 e. The number of para-hydroxylation sites is 1. The van der Waals surface area contributed by atoms with Crippen LogP contribution in [0.15, 0.2) is 54.6 Å². The van der Waals surface area contributed by atoms with Gasteiger partial charge < -0.3 is 14.4 Å². The topological polar surface area (TPSA) is 55.8 Å². The Morgan fingerprint density at radius 1 is 1.15 bits per heavy atom. The maximum Gasteiger partial charge on any atom is 0.410 e. The summed E-state index contributed by atoms with van der Waals surface area (Å²) in [6, 6.07) is 17.4. The zero-order chi connectivity index (χ0) is 17.7. The Morgan fingerprint density at radius 2 is 1.92 bits per heavy atom. The van der Waals surface area contributed by atoms with Gasteiger partial charge in [-0.15, -0.1) is 0 Å². The van der Waals surface area contributed by atoms with Crippen LogP contribution >= 0.6 is 0 Å². The Morgan fingerprint density at radius 3 is 2.77 bits per heavy atom. The maximum absolute atomic E-state index is 12.6. The number of likely N-dealkylation sites (tertiary alicyclic amines) is 1. The lowest BCUT2D eigenvalue weighted by molar-refractivity contribution is -0.152. The molecule has 0 radical (unpaired) electrons. The number of carbonyl (C=O) groups is 2. The van der Waals surface area contributed by atoms with Crippen LogP contribution in [0.1, 0.15) is 17.5 Å². The Balaban J connectivity index is 1.37. The molecule has 5 rings (SSSR count). The summed E-state index contributed by atoms with van der Waals surface area (Å²) in [6.45, 7) is 1.41. The van der Waals surface area contributed by atoms with Crippen LogP contribution in [0.2, 0.25) is 0 Å². The minimum atomic E-state index is -0.312. The molecule has 26 heavy (non-hydrogen) atoms. The molecule has 3 aliphatic rings. The number of ether oxygens (including phenoxy) is 2. The third-order valence-electron chi connectivity index (χ3n) is 6.11. The van der Waals surface area contributed by atoms with E-state index in [0.29, 0.717) is 18.8 Å². The normalized spacial score (nSPS) is 28.3. The Bertz CT molecular complexity index is 881. The highest BCUT2D eigenvalue weighted by Crippen LogP contribution is 2.61. The summed E-state index contributed by atoms with van der Waals surface area (Å²) in [7, 11) is 0.